The van der Waals surface area contributed by atoms with Gasteiger partial charge in [-0.25, -0.2) is 4.39 Å². The van der Waals surface area contributed by atoms with Crippen molar-refractivity contribution in [3.8, 4) is 11.5 Å². The van der Waals surface area contributed by atoms with Gasteiger partial charge in [0.2, 0.25) is 5.78 Å². The fourth-order valence-electron chi connectivity index (χ4n) is 4.26. The van der Waals surface area contributed by atoms with Gasteiger partial charge in [-0.05, 0) is 30.7 Å². The van der Waals surface area contributed by atoms with E-state index in [2.05, 4.69) is 9.80 Å². The number of nitrogens with zero attached hydrogens (tertiary/aromatic N) is 2. The quantitative estimate of drug-likeness (QED) is 0.703. The first-order chi connectivity index (χ1) is 15.1. The molecule has 7 heteroatoms. The Kier molecular flexibility index (Phi) is 5.48. The number of carbonyl (C=O) groups is 1. The fourth-order valence-corrected chi connectivity index (χ4v) is 4.26. The molecule has 0 bridgehead atoms. The normalized spacial score (nSPS) is 20.3. The second-order valence-electron chi connectivity index (χ2n) is 8.12. The van der Waals surface area contributed by atoms with Crippen LogP contribution >= 0.6 is 0 Å². The minimum absolute atomic E-state index is 0.141. The number of carbonyl (C=O) groups excluding carboxylic acids is 1. The van der Waals surface area contributed by atoms with Crippen LogP contribution in [-0.4, -0.2) is 61.7 Å². The minimum Gasteiger partial charge on any atom is -0.478 e. The summed E-state index contributed by atoms with van der Waals surface area (Å²) in [5.74, 6) is 0.822. The summed E-state index contributed by atoms with van der Waals surface area (Å²) in [7, 11) is 0. The molecule has 0 saturated carbocycles. The van der Waals surface area contributed by atoms with Crippen LogP contribution < -0.4 is 9.47 Å². The fraction of sp³-hybridized carbons (Fsp3) is 0.375. The van der Waals surface area contributed by atoms with E-state index < -0.39 is 5.82 Å². The number of hydrogen-bond acceptors (Lipinski definition) is 6. The second kappa shape index (κ2) is 8.42. The predicted octanol–water partition coefficient (Wildman–Crippen LogP) is 3.23. The van der Waals surface area contributed by atoms with E-state index in [1.165, 1.54) is 12.1 Å². The first kappa shape index (κ1) is 20.2. The van der Waals surface area contributed by atoms with Crippen molar-refractivity contribution in [2.45, 2.75) is 13.5 Å². The number of fused-ring (bicyclic) bond motifs is 3. The molecule has 5 rings (SSSR count). The molecule has 0 amide bonds. The van der Waals surface area contributed by atoms with Gasteiger partial charge in [0.15, 0.2) is 5.76 Å². The van der Waals surface area contributed by atoms with E-state index in [1.807, 2.05) is 13.0 Å². The first-order valence-corrected chi connectivity index (χ1v) is 10.6. The summed E-state index contributed by atoms with van der Waals surface area (Å²) >= 11 is 0. The van der Waals surface area contributed by atoms with Crippen molar-refractivity contribution < 1.29 is 23.4 Å². The average Bonchev–Trinajstić information content (AvgIpc) is 3.12. The second-order valence-corrected chi connectivity index (χ2v) is 8.12. The van der Waals surface area contributed by atoms with Gasteiger partial charge in [-0.1, -0.05) is 18.2 Å². The van der Waals surface area contributed by atoms with Gasteiger partial charge in [0.25, 0.3) is 0 Å². The molecule has 6 nitrogen and oxygen atoms in total. The predicted molar refractivity (Wildman–Crippen MR) is 114 cm³/mol. The topological polar surface area (TPSA) is 51.2 Å². The molecule has 1 fully saturated rings. The molecule has 2 aromatic carbocycles. The third kappa shape index (κ3) is 3.96. The molecule has 2 aromatic rings. The van der Waals surface area contributed by atoms with Gasteiger partial charge in [0.05, 0.1) is 24.3 Å². The summed E-state index contributed by atoms with van der Waals surface area (Å²) in [4.78, 5) is 17.6. The number of hydrogen-bond donors (Lipinski definition) is 0. The smallest absolute Gasteiger partial charge is 0.232 e. The van der Waals surface area contributed by atoms with Crippen molar-refractivity contribution in [3.63, 3.8) is 0 Å². The van der Waals surface area contributed by atoms with Crippen molar-refractivity contribution in [1.82, 2.24) is 9.80 Å². The molecule has 162 valence electrons. The maximum atomic E-state index is 14.1. The van der Waals surface area contributed by atoms with Crippen LogP contribution in [-0.2, 0) is 11.3 Å². The first-order valence-electron chi connectivity index (χ1n) is 10.6. The Morgan fingerprint density at radius 1 is 1.13 bits per heavy atom. The maximum Gasteiger partial charge on any atom is 0.232 e. The highest BCUT2D eigenvalue weighted by molar-refractivity contribution is 6.15. The molecule has 0 aliphatic carbocycles. The van der Waals surface area contributed by atoms with E-state index in [9.17, 15) is 9.18 Å². The largest absolute Gasteiger partial charge is 0.478 e. The summed E-state index contributed by atoms with van der Waals surface area (Å²) in [6.45, 7) is 8.26. The number of aryl methyl sites for hydroxylation is 1. The van der Waals surface area contributed by atoms with Gasteiger partial charge < -0.3 is 14.2 Å². The summed E-state index contributed by atoms with van der Waals surface area (Å²) in [5.41, 5.74) is 2.55. The van der Waals surface area contributed by atoms with Crippen molar-refractivity contribution in [1.29, 1.82) is 0 Å². The molecule has 0 N–H and O–H groups in total. The van der Waals surface area contributed by atoms with E-state index in [1.54, 1.807) is 18.2 Å². The van der Waals surface area contributed by atoms with Crippen molar-refractivity contribution in [2.24, 2.45) is 0 Å². The lowest BCUT2D eigenvalue weighted by Gasteiger charge is -2.33. The van der Waals surface area contributed by atoms with Crippen LogP contribution in [0.2, 0.25) is 0 Å². The van der Waals surface area contributed by atoms with Gasteiger partial charge in [-0.3, -0.25) is 14.6 Å². The maximum absolute atomic E-state index is 14.1. The zero-order chi connectivity index (χ0) is 21.4. The molecule has 0 aromatic heterocycles. The molecule has 0 spiro atoms. The number of halogens is 1. The standard InChI is InChI=1S/C24H25FN2O4/c1-16-12-20-18(14-27(15-30-20)7-6-26-8-10-29-11-9-26)24-22(16)23(28)21(31-24)13-17-4-2-3-5-19(17)25/h2-5,12-13H,6-11,14-15H2,1H3/b21-13-. The van der Waals surface area contributed by atoms with Crippen LogP contribution in [0.1, 0.15) is 27.0 Å². The van der Waals surface area contributed by atoms with E-state index in [0.29, 0.717) is 30.2 Å². The average molecular weight is 424 g/mol. The third-order valence-electron chi connectivity index (χ3n) is 6.02. The molecule has 3 aliphatic heterocycles. The lowest BCUT2D eigenvalue weighted by molar-refractivity contribution is 0.0239. The zero-order valence-corrected chi connectivity index (χ0v) is 17.5. The molecule has 3 heterocycles. The SMILES string of the molecule is Cc1cc2c(c3c1C(=O)/C(=C/c1ccccc1F)O3)CN(CCN1CCOCC1)CO2. The van der Waals surface area contributed by atoms with Gasteiger partial charge in [0, 0.05) is 38.3 Å². The molecule has 31 heavy (non-hydrogen) atoms. The molecule has 0 atom stereocenters. The van der Waals surface area contributed by atoms with Crippen molar-refractivity contribution >= 4 is 11.9 Å². The molecule has 1 saturated heterocycles. The molecule has 0 radical (unpaired) electrons. The summed E-state index contributed by atoms with van der Waals surface area (Å²) in [5, 5.41) is 0. The van der Waals surface area contributed by atoms with Crippen LogP contribution in [0.15, 0.2) is 36.1 Å². The van der Waals surface area contributed by atoms with E-state index in [4.69, 9.17) is 14.2 Å². The lowest BCUT2D eigenvalue weighted by Crippen LogP contribution is -2.43. The number of morpholine rings is 1. The van der Waals surface area contributed by atoms with Gasteiger partial charge in [0.1, 0.15) is 24.0 Å². The number of benzene rings is 2. The third-order valence-corrected chi connectivity index (χ3v) is 6.02. The Labute approximate surface area is 180 Å². The molecule has 0 unspecified atom stereocenters. The van der Waals surface area contributed by atoms with Crippen LogP contribution in [0, 0.1) is 12.7 Å². The Morgan fingerprint density at radius 2 is 1.90 bits per heavy atom. The highest BCUT2D eigenvalue weighted by Gasteiger charge is 2.35. The van der Waals surface area contributed by atoms with E-state index in [0.717, 1.165) is 56.3 Å². The van der Waals surface area contributed by atoms with Crippen molar-refractivity contribution in [2.75, 3.05) is 46.1 Å². The lowest BCUT2D eigenvalue weighted by atomic mass is 9.98. The number of allylic oxidation sites excluding steroid dienone is 1. The Balaban J connectivity index is 1.38. The van der Waals surface area contributed by atoms with Gasteiger partial charge >= 0.3 is 0 Å². The highest BCUT2D eigenvalue weighted by atomic mass is 19.1. The van der Waals surface area contributed by atoms with Crippen LogP contribution in [0.25, 0.3) is 6.08 Å². The van der Waals surface area contributed by atoms with Gasteiger partial charge in [-0.2, -0.15) is 0 Å². The van der Waals surface area contributed by atoms with Gasteiger partial charge in [-0.15, -0.1) is 0 Å². The monoisotopic (exact) mass is 424 g/mol. The minimum atomic E-state index is -0.390. The number of ether oxygens (including phenoxy) is 3. The summed E-state index contributed by atoms with van der Waals surface area (Å²) in [6.07, 6.45) is 1.48. The van der Waals surface area contributed by atoms with E-state index >= 15 is 0 Å². The molecule has 3 aliphatic rings. The van der Waals surface area contributed by atoms with Crippen molar-refractivity contribution in [3.05, 3.63) is 64.2 Å². The summed E-state index contributed by atoms with van der Waals surface area (Å²) in [6, 6.07) is 8.25. The number of Topliss-reactive ketones (excluding diaryl/α,β-unsaturated/α-hetero) is 1. The Hall–Kier alpha value is -2.74. The van der Waals surface area contributed by atoms with E-state index in [-0.39, 0.29) is 11.5 Å². The Bertz CT molecular complexity index is 1050. The summed E-state index contributed by atoms with van der Waals surface area (Å²) < 4.78 is 31.5. The van der Waals surface area contributed by atoms with Crippen LogP contribution in [0.3, 0.4) is 0 Å². The zero-order valence-electron chi connectivity index (χ0n) is 17.5. The number of ketones is 1. The molecular formula is C24H25FN2O4. The molecular weight excluding hydrogens is 399 g/mol. The van der Waals surface area contributed by atoms with Crippen LogP contribution in [0.5, 0.6) is 11.5 Å². The number of rotatable bonds is 4. The highest BCUT2D eigenvalue weighted by Crippen LogP contribution is 2.44. The Morgan fingerprint density at radius 3 is 2.71 bits per heavy atom. The van der Waals surface area contributed by atoms with Crippen LogP contribution in [0.4, 0.5) is 4.39 Å².